The van der Waals surface area contributed by atoms with Gasteiger partial charge in [0.1, 0.15) is 18.8 Å². The fraction of sp³-hybridized carbons (Fsp3) is 0.227. The summed E-state index contributed by atoms with van der Waals surface area (Å²) in [6.07, 6.45) is 3.92. The number of nitrogens with one attached hydrogen (secondary N) is 2. The number of carbonyl (C=O) groups is 2. The van der Waals surface area contributed by atoms with Crippen LogP contribution in [-0.4, -0.2) is 49.9 Å². The second-order valence-corrected chi connectivity index (χ2v) is 9.21. The van der Waals surface area contributed by atoms with Gasteiger partial charge < -0.3 is 15.4 Å². The number of aryl methyl sites for hydroxylation is 1. The molecule has 2 aromatic carbocycles. The standard InChI is InChI=1S/C22H25N5O5S/c1-16-6-4-5-7-20(16)27(33(3,30)31)15-22(29)25-18-12-23-26(13-18)14-21(28)24-17-8-10-19(32-2)11-9-17/h4-13H,14-15H2,1-3H3,(H,24,28)(H,25,29). The average molecular weight is 472 g/mol. The van der Waals surface area contributed by atoms with Crippen molar-refractivity contribution in [2.45, 2.75) is 13.5 Å². The minimum Gasteiger partial charge on any atom is -0.497 e. The van der Waals surface area contributed by atoms with E-state index in [1.54, 1.807) is 62.6 Å². The molecule has 1 aromatic heterocycles. The first kappa shape index (κ1) is 23.8. The molecule has 3 rings (SSSR count). The summed E-state index contributed by atoms with van der Waals surface area (Å²) >= 11 is 0. The maximum absolute atomic E-state index is 12.5. The van der Waals surface area contributed by atoms with Gasteiger partial charge in [0.15, 0.2) is 0 Å². The number of methoxy groups -OCH3 is 1. The van der Waals surface area contributed by atoms with E-state index in [1.165, 1.54) is 17.1 Å². The Kier molecular flexibility index (Phi) is 7.34. The maximum Gasteiger partial charge on any atom is 0.246 e. The van der Waals surface area contributed by atoms with Crippen LogP contribution in [0.15, 0.2) is 60.9 Å². The lowest BCUT2D eigenvalue weighted by Gasteiger charge is -2.23. The molecule has 0 spiro atoms. The van der Waals surface area contributed by atoms with Crippen LogP contribution in [0.4, 0.5) is 17.1 Å². The Morgan fingerprint density at radius 1 is 1.03 bits per heavy atom. The van der Waals surface area contributed by atoms with Crippen LogP contribution < -0.4 is 19.7 Å². The number of hydrogen-bond acceptors (Lipinski definition) is 6. The zero-order chi connectivity index (χ0) is 24.0. The first-order valence-corrected chi connectivity index (χ1v) is 11.8. The van der Waals surface area contributed by atoms with Crippen LogP contribution in [0.1, 0.15) is 5.56 Å². The first-order chi connectivity index (χ1) is 15.7. The van der Waals surface area contributed by atoms with Gasteiger partial charge in [0.2, 0.25) is 21.8 Å². The van der Waals surface area contributed by atoms with Gasteiger partial charge in [-0.2, -0.15) is 5.10 Å². The molecule has 0 aliphatic carbocycles. The molecule has 0 aliphatic heterocycles. The van der Waals surface area contributed by atoms with Crippen molar-refractivity contribution >= 4 is 38.9 Å². The van der Waals surface area contributed by atoms with E-state index in [0.29, 0.717) is 22.8 Å². The smallest absolute Gasteiger partial charge is 0.246 e. The third-order valence-electron chi connectivity index (χ3n) is 4.67. The molecule has 2 amide bonds. The minimum atomic E-state index is -3.68. The van der Waals surface area contributed by atoms with Gasteiger partial charge in [0.05, 0.1) is 30.9 Å². The van der Waals surface area contributed by atoms with Crippen molar-refractivity contribution in [3.8, 4) is 5.75 Å². The van der Waals surface area contributed by atoms with Crippen LogP contribution in [0.3, 0.4) is 0 Å². The van der Waals surface area contributed by atoms with Gasteiger partial charge in [0, 0.05) is 11.9 Å². The minimum absolute atomic E-state index is 0.0689. The topological polar surface area (TPSA) is 123 Å². The molecule has 2 N–H and O–H groups in total. The van der Waals surface area contributed by atoms with Crippen molar-refractivity contribution in [2.24, 2.45) is 0 Å². The van der Waals surface area contributed by atoms with E-state index >= 15 is 0 Å². The number of ether oxygens (including phenoxy) is 1. The number of benzene rings is 2. The molecule has 11 heteroatoms. The Balaban J connectivity index is 1.60. The van der Waals surface area contributed by atoms with E-state index in [0.717, 1.165) is 16.1 Å². The number of carbonyl (C=O) groups excluding carboxylic acids is 2. The highest BCUT2D eigenvalue weighted by atomic mass is 32.2. The number of rotatable bonds is 9. The Morgan fingerprint density at radius 3 is 2.33 bits per heavy atom. The van der Waals surface area contributed by atoms with E-state index in [-0.39, 0.29) is 12.5 Å². The number of anilines is 3. The second kappa shape index (κ2) is 10.2. The molecule has 0 unspecified atom stereocenters. The van der Waals surface area contributed by atoms with E-state index in [1.807, 2.05) is 0 Å². The summed E-state index contributed by atoms with van der Waals surface area (Å²) in [4.78, 5) is 24.8. The quantitative estimate of drug-likeness (QED) is 0.494. The first-order valence-electron chi connectivity index (χ1n) is 9.95. The lowest BCUT2D eigenvalue weighted by Crippen LogP contribution is -2.37. The number of para-hydroxylation sites is 1. The van der Waals surface area contributed by atoms with E-state index in [9.17, 15) is 18.0 Å². The van der Waals surface area contributed by atoms with Crippen LogP contribution in [0.2, 0.25) is 0 Å². The van der Waals surface area contributed by atoms with Gasteiger partial charge in [-0.05, 0) is 42.8 Å². The normalized spacial score (nSPS) is 11.0. The number of sulfonamides is 1. The SMILES string of the molecule is COc1ccc(NC(=O)Cn2cc(NC(=O)CN(c3ccccc3C)S(C)(=O)=O)cn2)cc1. The number of nitrogens with zero attached hydrogens (tertiary/aromatic N) is 3. The summed E-state index contributed by atoms with van der Waals surface area (Å²) in [6.45, 7) is 1.31. The lowest BCUT2D eigenvalue weighted by atomic mass is 10.2. The van der Waals surface area contributed by atoms with Gasteiger partial charge in [-0.25, -0.2) is 8.42 Å². The predicted molar refractivity (Wildman–Crippen MR) is 126 cm³/mol. The molecule has 1 heterocycles. The molecule has 10 nitrogen and oxygen atoms in total. The lowest BCUT2D eigenvalue weighted by molar-refractivity contribution is -0.117. The summed E-state index contributed by atoms with van der Waals surface area (Å²) in [5, 5.41) is 9.43. The summed E-state index contributed by atoms with van der Waals surface area (Å²) in [5.41, 5.74) is 2.11. The molecular weight excluding hydrogens is 446 g/mol. The Bertz CT molecular complexity index is 1240. The largest absolute Gasteiger partial charge is 0.497 e. The summed E-state index contributed by atoms with van der Waals surface area (Å²) in [6, 6.07) is 13.8. The molecule has 0 saturated heterocycles. The van der Waals surface area contributed by atoms with Crippen LogP contribution in [0.25, 0.3) is 0 Å². The molecule has 0 fully saturated rings. The molecule has 3 aromatic rings. The van der Waals surface area contributed by atoms with Crippen molar-refractivity contribution < 1.29 is 22.7 Å². The van der Waals surface area contributed by atoms with Gasteiger partial charge in [-0.3, -0.25) is 18.6 Å². The molecular formula is C22H25N5O5S. The molecule has 0 atom stereocenters. The highest BCUT2D eigenvalue weighted by molar-refractivity contribution is 7.92. The average Bonchev–Trinajstić information content (AvgIpc) is 3.18. The molecule has 0 saturated carbocycles. The molecule has 0 aliphatic rings. The van der Waals surface area contributed by atoms with Crippen LogP contribution >= 0.6 is 0 Å². The van der Waals surface area contributed by atoms with Gasteiger partial charge in [-0.15, -0.1) is 0 Å². The van der Waals surface area contributed by atoms with Crippen molar-refractivity contribution in [1.82, 2.24) is 9.78 Å². The fourth-order valence-corrected chi connectivity index (χ4v) is 4.01. The second-order valence-electron chi connectivity index (χ2n) is 7.31. The van der Waals surface area contributed by atoms with Crippen LogP contribution in [0.5, 0.6) is 5.75 Å². The summed E-state index contributed by atoms with van der Waals surface area (Å²) < 4.78 is 32.0. The van der Waals surface area contributed by atoms with E-state index in [4.69, 9.17) is 4.74 Å². The van der Waals surface area contributed by atoms with Crippen molar-refractivity contribution in [3.63, 3.8) is 0 Å². The highest BCUT2D eigenvalue weighted by Gasteiger charge is 2.22. The molecule has 174 valence electrons. The van der Waals surface area contributed by atoms with Crippen molar-refractivity contribution in [2.75, 3.05) is 34.8 Å². The van der Waals surface area contributed by atoms with Crippen LogP contribution in [-0.2, 0) is 26.2 Å². The molecule has 33 heavy (non-hydrogen) atoms. The number of amides is 2. The van der Waals surface area contributed by atoms with Gasteiger partial charge >= 0.3 is 0 Å². The fourth-order valence-electron chi connectivity index (χ4n) is 3.09. The number of aromatic nitrogens is 2. The Labute approximate surface area is 192 Å². The number of hydrogen-bond donors (Lipinski definition) is 2. The van der Waals surface area contributed by atoms with Crippen molar-refractivity contribution in [3.05, 3.63) is 66.5 Å². The Hall–Kier alpha value is -3.86. The molecule has 0 bridgehead atoms. The van der Waals surface area contributed by atoms with Gasteiger partial charge in [0.25, 0.3) is 0 Å². The van der Waals surface area contributed by atoms with Crippen molar-refractivity contribution in [1.29, 1.82) is 0 Å². The third kappa shape index (κ3) is 6.56. The zero-order valence-corrected chi connectivity index (χ0v) is 19.3. The Morgan fingerprint density at radius 2 is 1.70 bits per heavy atom. The molecule has 0 radical (unpaired) electrons. The van der Waals surface area contributed by atoms with Crippen LogP contribution in [0, 0.1) is 6.92 Å². The highest BCUT2D eigenvalue weighted by Crippen LogP contribution is 2.22. The summed E-state index contributed by atoms with van der Waals surface area (Å²) in [7, 11) is -2.12. The zero-order valence-electron chi connectivity index (χ0n) is 18.5. The summed E-state index contributed by atoms with van der Waals surface area (Å²) in [5.74, 6) is -0.160. The third-order valence-corrected chi connectivity index (χ3v) is 5.79. The maximum atomic E-state index is 12.5. The van der Waals surface area contributed by atoms with Gasteiger partial charge in [-0.1, -0.05) is 18.2 Å². The predicted octanol–water partition coefficient (Wildman–Crippen LogP) is 2.24. The monoisotopic (exact) mass is 471 g/mol. The van der Waals surface area contributed by atoms with E-state index < -0.39 is 22.5 Å². The van der Waals surface area contributed by atoms with E-state index in [2.05, 4.69) is 15.7 Å².